The van der Waals surface area contributed by atoms with Crippen LogP contribution in [0.25, 0.3) is 4.96 Å². The molecule has 0 N–H and O–H groups in total. The molecule has 0 spiro atoms. The molecule has 0 aromatic carbocycles. The third-order valence-electron chi connectivity index (χ3n) is 5.10. The van der Waals surface area contributed by atoms with Crippen LogP contribution in [0.2, 0.25) is 0 Å². The molecule has 0 saturated carbocycles. The minimum absolute atomic E-state index is 0.151. The molecule has 4 rings (SSSR count). The molecular formula is C19H18F3N5O3S. The minimum Gasteiger partial charge on any atom is -0.339 e. The van der Waals surface area contributed by atoms with Crippen molar-refractivity contribution in [1.82, 2.24) is 23.8 Å². The number of carbonyl (C=O) groups excluding carboxylic acids is 1. The van der Waals surface area contributed by atoms with Crippen molar-refractivity contribution in [3.05, 3.63) is 67.9 Å². The summed E-state index contributed by atoms with van der Waals surface area (Å²) < 4.78 is 40.9. The number of fused-ring (bicyclic) bond motifs is 1. The van der Waals surface area contributed by atoms with Crippen LogP contribution in [-0.4, -0.2) is 55.8 Å². The Bertz CT molecular complexity index is 1220. The number of nitrogens with zero attached hydrogens (tertiary/aromatic N) is 5. The molecule has 31 heavy (non-hydrogen) atoms. The summed E-state index contributed by atoms with van der Waals surface area (Å²) in [6, 6.07) is 3.29. The van der Waals surface area contributed by atoms with Gasteiger partial charge in [-0.25, -0.2) is 4.98 Å². The second-order valence-electron chi connectivity index (χ2n) is 7.15. The lowest BCUT2D eigenvalue weighted by atomic mass is 10.2. The SMILES string of the molecule is O=C(Cn1cccc(C(F)(F)F)c1=O)N1CCN(Cc2cc(=O)n3ccsc3n2)CC1. The molecule has 12 heteroatoms. The number of pyridine rings is 1. The molecule has 164 valence electrons. The number of rotatable bonds is 4. The summed E-state index contributed by atoms with van der Waals surface area (Å²) in [5.41, 5.74) is -2.04. The van der Waals surface area contributed by atoms with Gasteiger partial charge >= 0.3 is 6.18 Å². The first-order valence-electron chi connectivity index (χ1n) is 9.45. The number of hydrogen-bond acceptors (Lipinski definition) is 6. The smallest absolute Gasteiger partial charge is 0.339 e. The maximum atomic E-state index is 12.9. The average Bonchev–Trinajstić information content (AvgIpc) is 3.18. The van der Waals surface area contributed by atoms with Crippen molar-refractivity contribution in [3.8, 4) is 0 Å². The molecule has 0 bridgehead atoms. The van der Waals surface area contributed by atoms with Gasteiger partial charge in [-0.2, -0.15) is 13.2 Å². The van der Waals surface area contributed by atoms with E-state index in [4.69, 9.17) is 0 Å². The van der Waals surface area contributed by atoms with Crippen LogP contribution in [0.3, 0.4) is 0 Å². The van der Waals surface area contributed by atoms with Crippen LogP contribution in [0.5, 0.6) is 0 Å². The van der Waals surface area contributed by atoms with Crippen molar-refractivity contribution in [2.24, 2.45) is 0 Å². The largest absolute Gasteiger partial charge is 0.421 e. The van der Waals surface area contributed by atoms with Gasteiger partial charge in [-0.1, -0.05) is 0 Å². The van der Waals surface area contributed by atoms with Crippen molar-refractivity contribution in [1.29, 1.82) is 0 Å². The van der Waals surface area contributed by atoms with Crippen LogP contribution in [0.1, 0.15) is 11.3 Å². The number of halogens is 3. The van der Waals surface area contributed by atoms with Gasteiger partial charge in [0.2, 0.25) is 5.91 Å². The fourth-order valence-corrected chi connectivity index (χ4v) is 4.21. The zero-order valence-corrected chi connectivity index (χ0v) is 17.0. The quantitative estimate of drug-likeness (QED) is 0.595. The van der Waals surface area contributed by atoms with E-state index < -0.39 is 29.8 Å². The third kappa shape index (κ3) is 4.54. The number of carbonyl (C=O) groups is 1. The van der Waals surface area contributed by atoms with Crippen LogP contribution in [0.4, 0.5) is 13.2 Å². The lowest BCUT2D eigenvalue weighted by Crippen LogP contribution is -2.49. The van der Waals surface area contributed by atoms with Gasteiger partial charge in [-0.05, 0) is 12.1 Å². The first-order valence-corrected chi connectivity index (χ1v) is 10.3. The summed E-state index contributed by atoms with van der Waals surface area (Å²) in [6.07, 6.45) is -1.92. The van der Waals surface area contributed by atoms with E-state index in [2.05, 4.69) is 4.98 Å². The molecule has 0 atom stereocenters. The maximum Gasteiger partial charge on any atom is 0.421 e. The fraction of sp³-hybridized carbons (Fsp3) is 0.368. The van der Waals surface area contributed by atoms with Crippen LogP contribution in [-0.2, 0) is 24.1 Å². The highest BCUT2D eigenvalue weighted by Crippen LogP contribution is 2.26. The van der Waals surface area contributed by atoms with Gasteiger partial charge in [0.15, 0.2) is 4.96 Å². The van der Waals surface area contributed by atoms with Gasteiger partial charge in [-0.3, -0.25) is 23.7 Å². The van der Waals surface area contributed by atoms with Crippen molar-refractivity contribution in [3.63, 3.8) is 0 Å². The van der Waals surface area contributed by atoms with E-state index >= 15 is 0 Å². The Morgan fingerprint density at radius 2 is 1.87 bits per heavy atom. The summed E-state index contributed by atoms with van der Waals surface area (Å²) >= 11 is 1.37. The van der Waals surface area contributed by atoms with E-state index in [0.717, 1.165) is 10.6 Å². The van der Waals surface area contributed by atoms with Gasteiger partial charge in [0, 0.05) is 56.6 Å². The molecule has 1 saturated heterocycles. The average molecular weight is 453 g/mol. The Morgan fingerprint density at radius 1 is 1.13 bits per heavy atom. The molecule has 1 amide bonds. The fourth-order valence-electron chi connectivity index (χ4n) is 3.48. The van der Waals surface area contributed by atoms with Gasteiger partial charge in [0.25, 0.3) is 11.1 Å². The predicted molar refractivity (Wildman–Crippen MR) is 107 cm³/mol. The molecule has 0 aliphatic carbocycles. The van der Waals surface area contributed by atoms with E-state index in [1.165, 1.54) is 32.9 Å². The Balaban J connectivity index is 1.37. The Kier molecular flexibility index (Phi) is 5.67. The first kappa shape index (κ1) is 21.2. The zero-order valence-electron chi connectivity index (χ0n) is 16.2. The van der Waals surface area contributed by atoms with Crippen LogP contribution >= 0.6 is 11.3 Å². The summed E-state index contributed by atoms with van der Waals surface area (Å²) in [6.45, 7) is 1.79. The van der Waals surface area contributed by atoms with Crippen LogP contribution < -0.4 is 11.1 Å². The van der Waals surface area contributed by atoms with Crippen LogP contribution in [0.15, 0.2) is 45.6 Å². The maximum absolute atomic E-state index is 12.9. The number of amides is 1. The van der Waals surface area contributed by atoms with Crippen molar-refractivity contribution in [2.45, 2.75) is 19.3 Å². The number of thiazole rings is 1. The topological polar surface area (TPSA) is 79.9 Å². The minimum atomic E-state index is -4.77. The van der Waals surface area contributed by atoms with E-state index in [9.17, 15) is 27.6 Å². The normalized spacial score (nSPS) is 15.5. The Morgan fingerprint density at radius 3 is 2.58 bits per heavy atom. The van der Waals surface area contributed by atoms with Crippen molar-refractivity contribution < 1.29 is 18.0 Å². The van der Waals surface area contributed by atoms with Crippen molar-refractivity contribution >= 4 is 22.2 Å². The molecule has 8 nitrogen and oxygen atoms in total. The molecule has 1 fully saturated rings. The zero-order chi connectivity index (χ0) is 22.2. The number of piperazine rings is 1. The highest BCUT2D eigenvalue weighted by molar-refractivity contribution is 7.15. The van der Waals surface area contributed by atoms with E-state index in [1.54, 1.807) is 11.6 Å². The van der Waals surface area contributed by atoms with Gasteiger partial charge in [-0.15, -0.1) is 11.3 Å². The highest BCUT2D eigenvalue weighted by Gasteiger charge is 2.34. The van der Waals surface area contributed by atoms with Gasteiger partial charge in [0.05, 0.1) is 5.69 Å². The van der Waals surface area contributed by atoms with Crippen molar-refractivity contribution in [2.75, 3.05) is 26.2 Å². The van der Waals surface area contributed by atoms with Gasteiger partial charge < -0.3 is 9.47 Å². The van der Waals surface area contributed by atoms with E-state index in [0.29, 0.717) is 49.4 Å². The standard InChI is InChI=1S/C19H18F3N5O3S/c20-19(21,22)14-2-1-3-26(17(14)30)12-16(29)25-6-4-24(5-7-25)11-13-10-15(28)27-8-9-31-18(27)23-13/h1-3,8-10H,4-7,11-12H2. The second-order valence-corrected chi connectivity index (χ2v) is 8.02. The molecular weight excluding hydrogens is 435 g/mol. The summed E-state index contributed by atoms with van der Waals surface area (Å²) in [7, 11) is 0. The van der Waals surface area contributed by atoms with Crippen LogP contribution in [0, 0.1) is 0 Å². The lowest BCUT2D eigenvalue weighted by molar-refractivity contribution is -0.140. The lowest BCUT2D eigenvalue weighted by Gasteiger charge is -2.34. The summed E-state index contributed by atoms with van der Waals surface area (Å²) in [5, 5.41) is 1.79. The molecule has 3 aromatic heterocycles. The molecule has 0 radical (unpaired) electrons. The predicted octanol–water partition coefficient (Wildman–Crippen LogP) is 1.28. The monoisotopic (exact) mass is 453 g/mol. The second kappa shape index (κ2) is 8.27. The molecule has 1 aliphatic rings. The summed E-state index contributed by atoms with van der Waals surface area (Å²) in [5.74, 6) is -0.419. The third-order valence-corrected chi connectivity index (χ3v) is 5.85. The summed E-state index contributed by atoms with van der Waals surface area (Å²) in [4.78, 5) is 45.3. The molecule has 0 unspecified atom stereocenters. The van der Waals surface area contributed by atoms with E-state index in [-0.39, 0.29) is 5.56 Å². The Labute approximate surface area is 177 Å². The number of aromatic nitrogens is 3. The number of alkyl halides is 3. The molecule has 1 aliphatic heterocycles. The Hall–Kier alpha value is -2.99. The molecule has 3 aromatic rings. The number of hydrogen-bond donors (Lipinski definition) is 0. The molecule has 4 heterocycles. The van der Waals surface area contributed by atoms with E-state index in [1.807, 2.05) is 4.90 Å². The van der Waals surface area contributed by atoms with Gasteiger partial charge in [0.1, 0.15) is 12.1 Å². The first-order chi connectivity index (χ1) is 14.7. The highest BCUT2D eigenvalue weighted by atomic mass is 32.1.